The lowest BCUT2D eigenvalue weighted by Crippen LogP contribution is -2.10. The highest BCUT2D eigenvalue weighted by molar-refractivity contribution is 5.85. The highest BCUT2D eigenvalue weighted by Crippen LogP contribution is 2.35. The summed E-state index contributed by atoms with van der Waals surface area (Å²) in [6.45, 7) is 2.00. The van der Waals surface area contributed by atoms with Gasteiger partial charge in [0.1, 0.15) is 19.0 Å². The van der Waals surface area contributed by atoms with E-state index in [1.165, 1.54) is 12.5 Å². The van der Waals surface area contributed by atoms with Gasteiger partial charge in [0.25, 0.3) is 0 Å². The Hall–Kier alpha value is -2.01. The van der Waals surface area contributed by atoms with Crippen molar-refractivity contribution in [3.8, 4) is 17.1 Å². The van der Waals surface area contributed by atoms with Gasteiger partial charge < -0.3 is 14.0 Å². The molecule has 0 saturated heterocycles. The normalized spacial score (nSPS) is 11.9. The van der Waals surface area contributed by atoms with Gasteiger partial charge in [-0.05, 0) is 36.6 Å². The maximum Gasteiger partial charge on any atom is 0.302 e. The van der Waals surface area contributed by atoms with Crippen molar-refractivity contribution in [1.29, 1.82) is 0 Å². The zero-order valence-corrected chi connectivity index (χ0v) is 12.4. The summed E-state index contributed by atoms with van der Waals surface area (Å²) in [5.41, 5.74) is 3.43. The monoisotopic (exact) mass is 309 g/mol. The molecule has 0 saturated carbocycles. The largest absolute Gasteiger partial charge is 0.490 e. The number of aromatic nitrogens is 1. The predicted octanol–water partition coefficient (Wildman–Crippen LogP) is 2.80. The van der Waals surface area contributed by atoms with E-state index in [4.69, 9.17) is 14.0 Å². The fourth-order valence-corrected chi connectivity index (χ4v) is 2.36. The van der Waals surface area contributed by atoms with Gasteiger partial charge in [0.2, 0.25) is 0 Å². The summed E-state index contributed by atoms with van der Waals surface area (Å²) in [7, 11) is 0. The predicted molar refractivity (Wildman–Crippen MR) is 78.7 cm³/mol. The van der Waals surface area contributed by atoms with Crippen LogP contribution in [0.1, 0.15) is 18.1 Å². The standard InChI is InChI=1S/C15H15NO4.ClH/c1-10(17)18-6-7-19-13-4-5-14-11(8-13)2-3-12-9-16-20-15(12)14;/h4-5,8-9H,2-3,6-7H2,1H3;1H. The summed E-state index contributed by atoms with van der Waals surface area (Å²) in [6.07, 6.45) is 3.66. The molecule has 1 aliphatic rings. The molecule has 0 N–H and O–H groups in total. The molecule has 0 radical (unpaired) electrons. The molecule has 3 rings (SSSR count). The van der Waals surface area contributed by atoms with Gasteiger partial charge in [0.15, 0.2) is 5.76 Å². The Balaban J connectivity index is 0.00000161. The fraction of sp³-hybridized carbons (Fsp3) is 0.333. The van der Waals surface area contributed by atoms with Crippen molar-refractivity contribution in [3.63, 3.8) is 0 Å². The number of halogens is 1. The van der Waals surface area contributed by atoms with Gasteiger partial charge in [-0.1, -0.05) is 5.16 Å². The van der Waals surface area contributed by atoms with E-state index in [9.17, 15) is 4.79 Å². The van der Waals surface area contributed by atoms with E-state index in [-0.39, 0.29) is 25.0 Å². The van der Waals surface area contributed by atoms with Crippen LogP contribution < -0.4 is 4.74 Å². The smallest absolute Gasteiger partial charge is 0.302 e. The summed E-state index contributed by atoms with van der Waals surface area (Å²) in [4.78, 5) is 10.6. The molecule has 0 aliphatic heterocycles. The molecular weight excluding hydrogens is 294 g/mol. The Labute approximate surface area is 128 Å². The molecule has 112 valence electrons. The number of nitrogens with zero attached hydrogens (tertiary/aromatic N) is 1. The zero-order chi connectivity index (χ0) is 13.9. The first kappa shape index (κ1) is 15.4. The van der Waals surface area contributed by atoms with Crippen molar-refractivity contribution in [3.05, 3.63) is 35.5 Å². The number of carbonyl (C=O) groups is 1. The van der Waals surface area contributed by atoms with E-state index < -0.39 is 0 Å². The third-order valence-corrected chi connectivity index (χ3v) is 3.29. The molecule has 0 fully saturated rings. The summed E-state index contributed by atoms with van der Waals surface area (Å²) >= 11 is 0. The van der Waals surface area contributed by atoms with Crippen LogP contribution in [0.2, 0.25) is 0 Å². The van der Waals surface area contributed by atoms with Crippen molar-refractivity contribution in [2.75, 3.05) is 13.2 Å². The molecule has 5 nitrogen and oxygen atoms in total. The topological polar surface area (TPSA) is 61.6 Å². The van der Waals surface area contributed by atoms with Gasteiger partial charge in [0, 0.05) is 18.1 Å². The lowest BCUT2D eigenvalue weighted by Gasteiger charge is -2.15. The fourth-order valence-electron chi connectivity index (χ4n) is 2.36. The quantitative estimate of drug-likeness (QED) is 0.642. The number of esters is 1. The molecule has 0 bridgehead atoms. The minimum Gasteiger partial charge on any atom is -0.490 e. The van der Waals surface area contributed by atoms with E-state index in [0.717, 1.165) is 35.5 Å². The van der Waals surface area contributed by atoms with Crippen molar-refractivity contribution in [2.24, 2.45) is 0 Å². The molecule has 0 atom stereocenters. The van der Waals surface area contributed by atoms with Gasteiger partial charge in [0.05, 0.1) is 6.20 Å². The maximum absolute atomic E-state index is 10.6. The third-order valence-electron chi connectivity index (χ3n) is 3.29. The number of fused-ring (bicyclic) bond motifs is 3. The van der Waals surface area contributed by atoms with Crippen LogP contribution in [0.5, 0.6) is 5.75 Å². The maximum atomic E-state index is 10.6. The summed E-state index contributed by atoms with van der Waals surface area (Å²) < 4.78 is 15.7. The van der Waals surface area contributed by atoms with Gasteiger partial charge in [-0.2, -0.15) is 0 Å². The third kappa shape index (κ3) is 3.36. The van der Waals surface area contributed by atoms with E-state index in [2.05, 4.69) is 5.16 Å². The molecular formula is C15H16ClNO4. The van der Waals surface area contributed by atoms with E-state index in [0.29, 0.717) is 6.61 Å². The van der Waals surface area contributed by atoms with E-state index in [1.807, 2.05) is 18.2 Å². The number of aryl methyl sites for hydroxylation is 2. The molecule has 6 heteroatoms. The second-order valence-electron chi connectivity index (χ2n) is 4.69. The van der Waals surface area contributed by atoms with Crippen LogP contribution in [0.3, 0.4) is 0 Å². The lowest BCUT2D eigenvalue weighted by atomic mass is 9.91. The molecule has 0 unspecified atom stereocenters. The number of hydrogen-bond acceptors (Lipinski definition) is 5. The first-order valence-corrected chi connectivity index (χ1v) is 6.57. The molecule has 2 aromatic rings. The van der Waals surface area contributed by atoms with Crippen LogP contribution in [0.4, 0.5) is 0 Å². The molecule has 1 heterocycles. The Morgan fingerprint density at radius 2 is 2.10 bits per heavy atom. The molecule has 0 amide bonds. The van der Waals surface area contributed by atoms with Crippen molar-refractivity contribution < 1.29 is 18.8 Å². The average Bonchev–Trinajstić information content (AvgIpc) is 2.92. The van der Waals surface area contributed by atoms with Gasteiger partial charge in [-0.25, -0.2) is 0 Å². The molecule has 21 heavy (non-hydrogen) atoms. The number of ether oxygens (including phenoxy) is 2. The van der Waals surface area contributed by atoms with Crippen LogP contribution in [0.25, 0.3) is 11.3 Å². The van der Waals surface area contributed by atoms with Gasteiger partial charge >= 0.3 is 5.97 Å². The minimum absolute atomic E-state index is 0. The zero-order valence-electron chi connectivity index (χ0n) is 11.6. The summed E-state index contributed by atoms with van der Waals surface area (Å²) in [5, 5.41) is 3.85. The number of carbonyl (C=O) groups excluding carboxylic acids is 1. The van der Waals surface area contributed by atoms with Crippen LogP contribution in [0, 0.1) is 0 Å². The first-order valence-electron chi connectivity index (χ1n) is 6.57. The summed E-state index contributed by atoms with van der Waals surface area (Å²) in [6, 6.07) is 5.89. The Kier molecular flexibility index (Phi) is 4.85. The number of rotatable bonds is 4. The van der Waals surface area contributed by atoms with Crippen LogP contribution in [-0.4, -0.2) is 24.3 Å². The lowest BCUT2D eigenvalue weighted by molar-refractivity contribution is -0.141. The molecule has 1 aliphatic carbocycles. The molecule has 0 spiro atoms. The van der Waals surface area contributed by atoms with Gasteiger partial charge in [-0.3, -0.25) is 4.79 Å². The second kappa shape index (κ2) is 6.63. The number of benzene rings is 1. The highest BCUT2D eigenvalue weighted by atomic mass is 35.5. The van der Waals surface area contributed by atoms with Crippen LogP contribution in [-0.2, 0) is 22.4 Å². The highest BCUT2D eigenvalue weighted by Gasteiger charge is 2.20. The Bertz CT molecular complexity index is 638. The van der Waals surface area contributed by atoms with Crippen molar-refractivity contribution in [2.45, 2.75) is 19.8 Å². The SMILES string of the molecule is CC(=O)OCCOc1ccc2c(c1)CCc1cnoc1-2.Cl. The average molecular weight is 310 g/mol. The van der Waals surface area contributed by atoms with Crippen molar-refractivity contribution >= 4 is 18.4 Å². The Morgan fingerprint density at radius 3 is 2.90 bits per heavy atom. The minimum atomic E-state index is -0.295. The summed E-state index contributed by atoms with van der Waals surface area (Å²) in [5.74, 6) is 1.34. The Morgan fingerprint density at radius 1 is 1.29 bits per heavy atom. The second-order valence-corrected chi connectivity index (χ2v) is 4.69. The van der Waals surface area contributed by atoms with E-state index >= 15 is 0 Å². The first-order chi connectivity index (χ1) is 9.74. The van der Waals surface area contributed by atoms with Gasteiger partial charge in [-0.15, -0.1) is 12.4 Å². The van der Waals surface area contributed by atoms with Crippen molar-refractivity contribution in [1.82, 2.24) is 5.16 Å². The van der Waals surface area contributed by atoms with E-state index in [1.54, 1.807) is 6.20 Å². The van der Waals surface area contributed by atoms with Crippen LogP contribution in [0.15, 0.2) is 28.9 Å². The molecule has 1 aromatic carbocycles. The molecule has 1 aromatic heterocycles. The van der Waals surface area contributed by atoms with Crippen LogP contribution >= 0.6 is 12.4 Å². The number of hydrogen-bond donors (Lipinski definition) is 0.